The average Bonchev–Trinajstić information content (AvgIpc) is 2.61. The lowest BCUT2D eigenvalue weighted by atomic mass is 10.1. The van der Waals surface area contributed by atoms with Gasteiger partial charge in [0.25, 0.3) is 0 Å². The Kier molecular flexibility index (Phi) is 4.57. The number of imidazole rings is 1. The summed E-state index contributed by atoms with van der Waals surface area (Å²) < 4.78 is 2.18. The molecule has 1 aromatic heterocycles. The van der Waals surface area contributed by atoms with Gasteiger partial charge in [-0.05, 0) is 33.9 Å². The van der Waals surface area contributed by atoms with E-state index in [9.17, 15) is 0 Å². The maximum atomic E-state index is 4.36. The van der Waals surface area contributed by atoms with Gasteiger partial charge in [0.2, 0.25) is 5.95 Å². The number of anilines is 1. The highest BCUT2D eigenvalue weighted by Crippen LogP contribution is 2.13. The quantitative estimate of drug-likeness (QED) is 0.825. The predicted octanol–water partition coefficient (Wildman–Crippen LogP) is 2.29. The largest absolute Gasteiger partial charge is 0.354 e. The number of hydrogen-bond acceptors (Lipinski definition) is 3. The van der Waals surface area contributed by atoms with Crippen molar-refractivity contribution in [3.05, 3.63) is 12.4 Å². The highest BCUT2D eigenvalue weighted by molar-refractivity contribution is 5.26. The monoisotopic (exact) mass is 238 g/mol. The molecular formula is C13H26N4. The maximum Gasteiger partial charge on any atom is 0.202 e. The van der Waals surface area contributed by atoms with Crippen LogP contribution in [-0.2, 0) is 6.54 Å². The summed E-state index contributed by atoms with van der Waals surface area (Å²) in [6.45, 7) is 10.8. The van der Waals surface area contributed by atoms with Crippen LogP contribution in [0.25, 0.3) is 0 Å². The van der Waals surface area contributed by atoms with E-state index in [1.807, 2.05) is 12.4 Å². The van der Waals surface area contributed by atoms with E-state index in [-0.39, 0.29) is 5.54 Å². The number of hydrogen-bond donors (Lipinski definition) is 1. The molecule has 0 aliphatic carbocycles. The topological polar surface area (TPSA) is 33.1 Å². The molecule has 0 unspecified atom stereocenters. The van der Waals surface area contributed by atoms with Gasteiger partial charge in [-0.1, -0.05) is 13.8 Å². The second-order valence-electron chi connectivity index (χ2n) is 5.86. The minimum absolute atomic E-state index is 0.120. The molecule has 0 saturated heterocycles. The van der Waals surface area contributed by atoms with Crippen molar-refractivity contribution in [3.63, 3.8) is 0 Å². The van der Waals surface area contributed by atoms with E-state index in [0.717, 1.165) is 19.0 Å². The lowest BCUT2D eigenvalue weighted by molar-refractivity contribution is 0.209. The van der Waals surface area contributed by atoms with Crippen molar-refractivity contribution in [3.8, 4) is 0 Å². The van der Waals surface area contributed by atoms with Crippen molar-refractivity contribution in [2.45, 2.75) is 39.8 Å². The molecule has 0 amide bonds. The van der Waals surface area contributed by atoms with E-state index >= 15 is 0 Å². The van der Waals surface area contributed by atoms with Crippen LogP contribution in [0.1, 0.15) is 27.7 Å². The van der Waals surface area contributed by atoms with Crippen LogP contribution in [0, 0.1) is 5.92 Å². The molecule has 98 valence electrons. The highest BCUT2D eigenvalue weighted by atomic mass is 15.2. The summed E-state index contributed by atoms with van der Waals surface area (Å²) in [5.74, 6) is 1.60. The molecule has 0 atom stereocenters. The van der Waals surface area contributed by atoms with Crippen molar-refractivity contribution in [1.82, 2.24) is 14.5 Å². The number of rotatable bonds is 6. The molecule has 0 aliphatic rings. The van der Waals surface area contributed by atoms with Gasteiger partial charge < -0.3 is 14.8 Å². The van der Waals surface area contributed by atoms with Gasteiger partial charge in [-0.2, -0.15) is 0 Å². The Morgan fingerprint density at radius 1 is 1.41 bits per heavy atom. The van der Waals surface area contributed by atoms with Crippen LogP contribution in [0.3, 0.4) is 0 Å². The Morgan fingerprint density at radius 2 is 2.06 bits per heavy atom. The summed E-state index contributed by atoms with van der Waals surface area (Å²) in [4.78, 5) is 6.58. The number of nitrogens with one attached hydrogen (secondary N) is 1. The van der Waals surface area contributed by atoms with Crippen molar-refractivity contribution in [1.29, 1.82) is 0 Å². The zero-order valence-corrected chi connectivity index (χ0v) is 12.0. The molecule has 0 bridgehead atoms. The Morgan fingerprint density at radius 3 is 2.59 bits per heavy atom. The van der Waals surface area contributed by atoms with E-state index in [2.05, 4.69) is 61.6 Å². The van der Waals surface area contributed by atoms with E-state index < -0.39 is 0 Å². The fourth-order valence-electron chi connectivity index (χ4n) is 1.47. The zero-order chi connectivity index (χ0) is 13.1. The lowest BCUT2D eigenvalue weighted by Gasteiger charge is -2.32. The van der Waals surface area contributed by atoms with Crippen molar-refractivity contribution in [2.75, 3.05) is 26.0 Å². The Balaban J connectivity index is 2.60. The molecular weight excluding hydrogens is 212 g/mol. The fourth-order valence-corrected chi connectivity index (χ4v) is 1.47. The van der Waals surface area contributed by atoms with Crippen molar-refractivity contribution in [2.24, 2.45) is 5.92 Å². The molecule has 0 aliphatic heterocycles. The smallest absolute Gasteiger partial charge is 0.202 e. The standard InChI is InChI=1S/C13H26N4/c1-11(2)9-17-8-7-14-12(17)15-10-13(3,4)16(5)6/h7-8,11H,9-10H2,1-6H3,(H,14,15). The van der Waals surface area contributed by atoms with Crippen LogP contribution >= 0.6 is 0 Å². The summed E-state index contributed by atoms with van der Waals surface area (Å²) in [7, 11) is 4.20. The minimum atomic E-state index is 0.120. The van der Waals surface area contributed by atoms with Gasteiger partial charge in [-0.25, -0.2) is 4.98 Å². The second kappa shape index (κ2) is 5.54. The Hall–Kier alpha value is -1.03. The van der Waals surface area contributed by atoms with E-state index in [1.165, 1.54) is 0 Å². The molecule has 0 fully saturated rings. The molecule has 0 radical (unpaired) electrons. The second-order valence-corrected chi connectivity index (χ2v) is 5.86. The normalized spacial score (nSPS) is 12.5. The molecule has 1 heterocycles. The van der Waals surface area contributed by atoms with Crippen LogP contribution in [0.4, 0.5) is 5.95 Å². The van der Waals surface area contributed by atoms with E-state index in [0.29, 0.717) is 5.92 Å². The van der Waals surface area contributed by atoms with Crippen molar-refractivity contribution >= 4 is 5.95 Å². The zero-order valence-electron chi connectivity index (χ0n) is 12.0. The number of aromatic nitrogens is 2. The SMILES string of the molecule is CC(C)Cn1ccnc1NCC(C)(C)N(C)C. The number of nitrogens with zero attached hydrogens (tertiary/aromatic N) is 3. The maximum absolute atomic E-state index is 4.36. The van der Waals surface area contributed by atoms with Gasteiger partial charge in [0.05, 0.1) is 0 Å². The Labute approximate surface area is 105 Å². The van der Waals surface area contributed by atoms with Crippen LogP contribution in [0.2, 0.25) is 0 Å². The first kappa shape index (κ1) is 14.0. The van der Waals surface area contributed by atoms with Gasteiger partial charge in [0.15, 0.2) is 0 Å². The average molecular weight is 238 g/mol. The summed E-state index contributed by atoms with van der Waals surface area (Å²) in [5, 5.41) is 3.43. The lowest BCUT2D eigenvalue weighted by Crippen LogP contribution is -2.44. The van der Waals surface area contributed by atoms with Gasteiger partial charge >= 0.3 is 0 Å². The molecule has 4 nitrogen and oxygen atoms in total. The molecule has 17 heavy (non-hydrogen) atoms. The Bertz CT molecular complexity index is 339. The molecule has 1 aromatic rings. The van der Waals surface area contributed by atoms with Gasteiger partial charge in [0, 0.05) is 31.0 Å². The summed E-state index contributed by atoms with van der Waals surface area (Å²) >= 11 is 0. The van der Waals surface area contributed by atoms with Gasteiger partial charge in [0.1, 0.15) is 0 Å². The minimum Gasteiger partial charge on any atom is -0.354 e. The molecule has 1 rings (SSSR count). The molecule has 0 saturated carbocycles. The first-order chi connectivity index (χ1) is 7.83. The third kappa shape index (κ3) is 4.04. The fraction of sp³-hybridized carbons (Fsp3) is 0.769. The molecule has 0 spiro atoms. The number of likely N-dealkylation sites (N-methyl/N-ethyl adjacent to an activating group) is 1. The van der Waals surface area contributed by atoms with Crippen LogP contribution in [0.5, 0.6) is 0 Å². The summed E-state index contributed by atoms with van der Waals surface area (Å²) in [5.41, 5.74) is 0.120. The van der Waals surface area contributed by atoms with Gasteiger partial charge in [-0.3, -0.25) is 0 Å². The van der Waals surface area contributed by atoms with Gasteiger partial charge in [-0.15, -0.1) is 0 Å². The van der Waals surface area contributed by atoms with Crippen LogP contribution in [-0.4, -0.2) is 40.6 Å². The molecule has 0 aromatic carbocycles. The van der Waals surface area contributed by atoms with E-state index in [1.54, 1.807) is 0 Å². The van der Waals surface area contributed by atoms with E-state index in [4.69, 9.17) is 0 Å². The van der Waals surface area contributed by atoms with Crippen LogP contribution < -0.4 is 5.32 Å². The first-order valence-electron chi connectivity index (χ1n) is 6.25. The van der Waals surface area contributed by atoms with Crippen LogP contribution in [0.15, 0.2) is 12.4 Å². The van der Waals surface area contributed by atoms with Crippen molar-refractivity contribution < 1.29 is 0 Å². The first-order valence-corrected chi connectivity index (χ1v) is 6.25. The predicted molar refractivity (Wildman–Crippen MR) is 73.3 cm³/mol. The summed E-state index contributed by atoms with van der Waals surface area (Å²) in [6, 6.07) is 0. The highest BCUT2D eigenvalue weighted by Gasteiger charge is 2.20. The third-order valence-corrected chi connectivity index (χ3v) is 3.17. The summed E-state index contributed by atoms with van der Waals surface area (Å²) in [6.07, 6.45) is 3.89. The molecule has 4 heteroatoms. The third-order valence-electron chi connectivity index (χ3n) is 3.17. The molecule has 1 N–H and O–H groups in total.